The second-order valence-electron chi connectivity index (χ2n) is 18.0. The smallest absolute Gasteiger partial charge is 0.469 e. The second kappa shape index (κ2) is 19.1. The molecule has 20 heteroatoms. The SMILES string of the molecule is C=C[C@@H]1C[C@]1(NC(=O)[C@@H]1C[C@@H]2CN1C(=O)[C@H](C1CCCC1)NC(=O)O[C@@H]1CCC[C@H]1CC/C=C/Cc1c(nc3ccccc3c1OCCCOP(=O)(O)O)O2)C(=O)NS(=O)(=O)C1CC1. The molecule has 4 saturated carbocycles. The number of para-hydroxylation sites is 1. The fourth-order valence-electron chi connectivity index (χ4n) is 9.88. The molecule has 5 N–H and O–H groups in total. The fraction of sp³-hybridized carbons (Fsp3) is 0.614. The number of benzene rings is 1. The number of sulfonamides is 1. The van der Waals surface area contributed by atoms with Gasteiger partial charge in [0.15, 0.2) is 0 Å². The summed E-state index contributed by atoms with van der Waals surface area (Å²) in [6, 6.07) is 5.07. The molecule has 64 heavy (non-hydrogen) atoms. The molecule has 348 valence electrons. The highest BCUT2D eigenvalue weighted by Gasteiger charge is 2.62. The number of ether oxygens (including phenoxy) is 3. The largest absolute Gasteiger partial charge is 0.492 e. The third-order valence-corrected chi connectivity index (χ3v) is 15.9. The summed E-state index contributed by atoms with van der Waals surface area (Å²) in [6.07, 6.45) is 12.1. The molecular formula is C44H58N5O13PS. The highest BCUT2D eigenvalue weighted by Crippen LogP contribution is 2.46. The van der Waals surface area contributed by atoms with E-state index >= 15 is 4.79 Å². The summed E-state index contributed by atoms with van der Waals surface area (Å²) in [5, 5.41) is 5.75. The minimum atomic E-state index is -4.68. The van der Waals surface area contributed by atoms with E-state index in [1.807, 2.05) is 24.3 Å². The number of rotatable bonds is 13. The number of hydrogen-bond donors (Lipinski definition) is 5. The molecule has 1 aromatic heterocycles. The molecule has 2 bridgehead atoms. The molecule has 0 unspecified atom stereocenters. The number of phosphoric ester groups is 1. The molecule has 1 aromatic carbocycles. The van der Waals surface area contributed by atoms with Crippen molar-refractivity contribution in [2.45, 2.75) is 131 Å². The molecule has 0 radical (unpaired) electrons. The molecular weight excluding hydrogens is 870 g/mol. The zero-order valence-electron chi connectivity index (χ0n) is 35.7. The Kier molecular flexibility index (Phi) is 13.7. The highest BCUT2D eigenvalue weighted by molar-refractivity contribution is 7.91. The first-order chi connectivity index (χ1) is 30.7. The molecule has 2 aliphatic heterocycles. The molecule has 2 aromatic rings. The fourth-order valence-corrected chi connectivity index (χ4v) is 11.6. The average Bonchev–Trinajstić information content (AvgIpc) is 4.04. The number of nitrogens with one attached hydrogen (secondary N) is 3. The van der Waals surface area contributed by atoms with Gasteiger partial charge < -0.3 is 39.5 Å². The summed E-state index contributed by atoms with van der Waals surface area (Å²) < 4.78 is 63.1. The Morgan fingerprint density at radius 1 is 1.02 bits per heavy atom. The van der Waals surface area contributed by atoms with Gasteiger partial charge in [-0.05, 0) is 94.6 Å². The first-order valence-electron chi connectivity index (χ1n) is 22.5. The monoisotopic (exact) mass is 927 g/mol. The lowest BCUT2D eigenvalue weighted by molar-refractivity contribution is -0.142. The van der Waals surface area contributed by atoms with E-state index in [-0.39, 0.29) is 62.8 Å². The van der Waals surface area contributed by atoms with Crippen molar-refractivity contribution < 1.29 is 60.7 Å². The number of allylic oxidation sites excluding steroid dienone is 2. The van der Waals surface area contributed by atoms with Crippen molar-refractivity contribution >= 4 is 52.6 Å². The van der Waals surface area contributed by atoms with Gasteiger partial charge in [-0.25, -0.2) is 22.8 Å². The Labute approximate surface area is 372 Å². The first-order valence-corrected chi connectivity index (χ1v) is 25.6. The van der Waals surface area contributed by atoms with Gasteiger partial charge in [0.25, 0.3) is 5.91 Å². The van der Waals surface area contributed by atoms with E-state index in [0.29, 0.717) is 67.2 Å². The van der Waals surface area contributed by atoms with Crippen LogP contribution in [0.2, 0.25) is 0 Å². The van der Waals surface area contributed by atoms with E-state index in [4.69, 9.17) is 19.2 Å². The van der Waals surface area contributed by atoms with Gasteiger partial charge in [0.05, 0.1) is 36.1 Å². The maximum absolute atomic E-state index is 15.0. The lowest BCUT2D eigenvalue weighted by atomic mass is 9.96. The number of phosphoric acid groups is 1. The van der Waals surface area contributed by atoms with Crippen LogP contribution >= 0.6 is 7.82 Å². The first kappa shape index (κ1) is 46.0. The van der Waals surface area contributed by atoms with Gasteiger partial charge in [0, 0.05) is 24.1 Å². The van der Waals surface area contributed by atoms with Gasteiger partial charge in [-0.15, -0.1) is 6.58 Å². The van der Waals surface area contributed by atoms with Gasteiger partial charge in [0.1, 0.15) is 35.6 Å². The third-order valence-electron chi connectivity index (χ3n) is 13.5. The van der Waals surface area contributed by atoms with Crippen molar-refractivity contribution in [1.82, 2.24) is 25.2 Å². The van der Waals surface area contributed by atoms with E-state index in [1.54, 1.807) is 6.07 Å². The molecule has 18 nitrogen and oxygen atoms in total. The molecule has 0 spiro atoms. The van der Waals surface area contributed by atoms with Crippen LogP contribution in [0.15, 0.2) is 49.1 Å². The Bertz CT molecular complexity index is 2310. The predicted molar refractivity (Wildman–Crippen MR) is 232 cm³/mol. The summed E-state index contributed by atoms with van der Waals surface area (Å²) in [5.74, 6) is -2.08. The summed E-state index contributed by atoms with van der Waals surface area (Å²) in [5.41, 5.74) is -0.494. The van der Waals surface area contributed by atoms with Gasteiger partial charge in [-0.2, -0.15) is 0 Å². The molecule has 4 aliphatic carbocycles. The second-order valence-corrected chi connectivity index (χ2v) is 21.2. The minimum Gasteiger partial charge on any atom is -0.492 e. The number of fused-ring (bicyclic) bond motifs is 5. The quantitative estimate of drug-likeness (QED) is 0.106. The van der Waals surface area contributed by atoms with Gasteiger partial charge in [-0.1, -0.05) is 43.2 Å². The van der Waals surface area contributed by atoms with Gasteiger partial charge in [-0.3, -0.25) is 23.6 Å². The van der Waals surface area contributed by atoms with Gasteiger partial charge in [0.2, 0.25) is 27.7 Å². The van der Waals surface area contributed by atoms with E-state index < -0.39 is 76.6 Å². The van der Waals surface area contributed by atoms with Crippen LogP contribution in [-0.2, 0) is 44.7 Å². The predicted octanol–water partition coefficient (Wildman–Crippen LogP) is 4.48. The summed E-state index contributed by atoms with van der Waals surface area (Å²) in [4.78, 5) is 81.8. The number of carbonyl (C=O) groups is 4. The zero-order chi connectivity index (χ0) is 45.2. The van der Waals surface area contributed by atoms with Crippen LogP contribution in [0.1, 0.15) is 95.5 Å². The Morgan fingerprint density at radius 2 is 1.78 bits per heavy atom. The van der Waals surface area contributed by atoms with Crippen molar-refractivity contribution in [3.8, 4) is 11.6 Å². The Balaban J connectivity index is 1.15. The van der Waals surface area contributed by atoms with Crippen LogP contribution in [0.5, 0.6) is 11.6 Å². The number of alkyl carbamates (subject to hydrolysis) is 1. The highest BCUT2D eigenvalue weighted by atomic mass is 32.2. The molecule has 8 rings (SSSR count). The molecule has 3 heterocycles. The number of hydrogen-bond acceptors (Lipinski definition) is 12. The summed E-state index contributed by atoms with van der Waals surface area (Å²) in [7, 11) is -8.63. The number of amides is 4. The normalized spacial score (nSPS) is 29.6. The van der Waals surface area contributed by atoms with Crippen LogP contribution in [0.3, 0.4) is 0 Å². The van der Waals surface area contributed by atoms with Crippen molar-refractivity contribution in [2.24, 2.45) is 17.8 Å². The van der Waals surface area contributed by atoms with Crippen LogP contribution in [0.25, 0.3) is 10.9 Å². The van der Waals surface area contributed by atoms with Crippen molar-refractivity contribution in [3.63, 3.8) is 0 Å². The maximum atomic E-state index is 15.0. The molecule has 6 aliphatic rings. The number of carbonyl (C=O) groups excluding carboxylic acids is 4. The average molecular weight is 928 g/mol. The number of nitrogens with zero attached hydrogens (tertiary/aromatic N) is 2. The maximum Gasteiger partial charge on any atom is 0.469 e. The topological polar surface area (TPSA) is 249 Å². The minimum absolute atomic E-state index is 0.0401. The van der Waals surface area contributed by atoms with E-state index in [2.05, 4.69) is 32.5 Å². The van der Waals surface area contributed by atoms with E-state index in [9.17, 15) is 37.2 Å². The van der Waals surface area contributed by atoms with Crippen molar-refractivity contribution in [2.75, 3.05) is 19.8 Å². The lowest BCUT2D eigenvalue weighted by Crippen LogP contribution is -2.59. The van der Waals surface area contributed by atoms with Crippen molar-refractivity contribution in [1.29, 1.82) is 0 Å². The van der Waals surface area contributed by atoms with E-state index in [1.165, 1.54) is 11.0 Å². The third kappa shape index (κ3) is 10.4. The molecule has 4 amide bonds. The number of pyridine rings is 1. The Hall–Kier alpha value is -4.55. The van der Waals surface area contributed by atoms with Gasteiger partial charge >= 0.3 is 13.9 Å². The van der Waals surface area contributed by atoms with Crippen LogP contribution in [0.4, 0.5) is 4.79 Å². The number of aromatic nitrogens is 1. The van der Waals surface area contributed by atoms with E-state index in [0.717, 1.165) is 32.1 Å². The summed E-state index contributed by atoms with van der Waals surface area (Å²) >= 11 is 0. The summed E-state index contributed by atoms with van der Waals surface area (Å²) in [6.45, 7) is 3.51. The Morgan fingerprint density at radius 3 is 2.52 bits per heavy atom. The van der Waals surface area contributed by atoms with Crippen LogP contribution < -0.4 is 24.8 Å². The molecule has 5 fully saturated rings. The van der Waals surface area contributed by atoms with Crippen molar-refractivity contribution in [3.05, 3.63) is 54.6 Å². The van der Waals surface area contributed by atoms with Crippen LogP contribution in [-0.4, -0.2) is 107 Å². The molecule has 1 saturated heterocycles. The molecule has 7 atom stereocenters. The lowest BCUT2D eigenvalue weighted by Gasteiger charge is -2.32. The van der Waals surface area contributed by atoms with Crippen LogP contribution in [0, 0.1) is 17.8 Å². The standard InChI is InChI=1S/C44H58N5O13PS/c1-2-29-25-44(29,42(52)48-64(57,58)31-20-21-31)47-39(50)35-24-30-26-49(35)41(51)37(28-13-6-7-14-28)46-43(53)62-36-19-10-15-27(36)12-4-3-5-17-33-38(59-22-11-23-60-63(54,55)56)32-16-8-9-18-34(32)45-40(33)61-30/h2-3,5,8-9,16,18,27-31,35-37H,1,4,6-7,10-15,17,19-26H2,(H,46,53)(H,47,50)(H,48,52)(H2,54,55,56)/b5-3+/t27-,29-,30-,35+,36-,37+,44-/m1/s1. The zero-order valence-corrected chi connectivity index (χ0v) is 37.4.